The fourth-order valence-corrected chi connectivity index (χ4v) is 7.13. The Morgan fingerprint density at radius 3 is 2.81 bits per heavy atom. The highest BCUT2D eigenvalue weighted by atomic mass is 16.5. The summed E-state index contributed by atoms with van der Waals surface area (Å²) in [6.07, 6.45) is 13.8. The van der Waals surface area contributed by atoms with Crippen molar-refractivity contribution in [2.75, 3.05) is 13.7 Å². The molecule has 1 aliphatic heterocycles. The van der Waals surface area contributed by atoms with Gasteiger partial charge >= 0.3 is 0 Å². The van der Waals surface area contributed by atoms with Gasteiger partial charge in [-0.25, -0.2) is 0 Å². The van der Waals surface area contributed by atoms with Crippen LogP contribution in [0.2, 0.25) is 0 Å². The second kappa shape index (κ2) is 6.51. The maximum Gasteiger partial charge on any atom is 0.223 e. The number of likely N-dealkylation sites (tertiary alicyclic amines) is 1. The van der Waals surface area contributed by atoms with Gasteiger partial charge < -0.3 is 9.64 Å². The minimum absolute atomic E-state index is 0.0239. The molecule has 4 rings (SSSR count). The van der Waals surface area contributed by atoms with Crippen molar-refractivity contribution in [3.05, 3.63) is 24.3 Å². The molecule has 1 amide bonds. The highest BCUT2D eigenvalue weighted by Gasteiger charge is 2.57. The first-order valence-electron chi connectivity index (χ1n) is 10.6. The molecule has 26 heavy (non-hydrogen) atoms. The van der Waals surface area contributed by atoms with Crippen LogP contribution in [0.3, 0.4) is 0 Å². The number of fused-ring (bicyclic) bond motifs is 5. The van der Waals surface area contributed by atoms with Crippen molar-refractivity contribution >= 4 is 5.91 Å². The Morgan fingerprint density at radius 1 is 1.27 bits per heavy atom. The molecule has 0 N–H and O–H groups in total. The minimum Gasteiger partial charge on any atom is -0.381 e. The van der Waals surface area contributed by atoms with Crippen molar-refractivity contribution in [2.24, 2.45) is 23.2 Å². The lowest BCUT2D eigenvalue weighted by Crippen LogP contribution is -2.64. The number of hydrogen-bond acceptors (Lipinski definition) is 2. The molecule has 4 aliphatic rings. The van der Waals surface area contributed by atoms with Gasteiger partial charge in [-0.1, -0.05) is 24.6 Å². The third kappa shape index (κ3) is 2.53. The van der Waals surface area contributed by atoms with Crippen molar-refractivity contribution < 1.29 is 9.53 Å². The molecule has 3 fully saturated rings. The van der Waals surface area contributed by atoms with E-state index in [0.29, 0.717) is 29.9 Å². The molecule has 3 nitrogen and oxygen atoms in total. The topological polar surface area (TPSA) is 29.5 Å². The van der Waals surface area contributed by atoms with Crippen LogP contribution in [0.5, 0.6) is 0 Å². The lowest BCUT2D eigenvalue weighted by molar-refractivity contribution is -0.155. The molecule has 6 unspecified atom stereocenters. The second-order valence-corrected chi connectivity index (χ2v) is 9.59. The van der Waals surface area contributed by atoms with Crippen molar-refractivity contribution in [3.8, 4) is 0 Å². The Kier molecular flexibility index (Phi) is 4.58. The number of methoxy groups -OCH3 is 1. The van der Waals surface area contributed by atoms with E-state index in [4.69, 9.17) is 4.74 Å². The minimum atomic E-state index is 0.0239. The third-order valence-corrected chi connectivity index (χ3v) is 8.65. The smallest absolute Gasteiger partial charge is 0.223 e. The van der Waals surface area contributed by atoms with Crippen molar-refractivity contribution in [1.29, 1.82) is 0 Å². The Balaban J connectivity index is 1.64. The van der Waals surface area contributed by atoms with Crippen LogP contribution < -0.4 is 0 Å². The van der Waals surface area contributed by atoms with Gasteiger partial charge in [0.05, 0.1) is 6.10 Å². The second-order valence-electron chi connectivity index (χ2n) is 9.59. The summed E-state index contributed by atoms with van der Waals surface area (Å²) in [6, 6.07) is 0. The lowest BCUT2D eigenvalue weighted by Gasteiger charge is -2.62. The summed E-state index contributed by atoms with van der Waals surface area (Å²) >= 11 is 0. The molecule has 0 aromatic rings. The van der Waals surface area contributed by atoms with Crippen LogP contribution >= 0.6 is 0 Å². The van der Waals surface area contributed by atoms with Gasteiger partial charge in [-0.05, 0) is 75.0 Å². The summed E-state index contributed by atoms with van der Waals surface area (Å²) < 4.78 is 5.68. The molecule has 0 radical (unpaired) electrons. The maximum atomic E-state index is 12.6. The highest BCUT2D eigenvalue weighted by molar-refractivity contribution is 5.78. The number of amides is 1. The van der Waals surface area contributed by atoms with Crippen molar-refractivity contribution in [3.63, 3.8) is 0 Å². The van der Waals surface area contributed by atoms with Gasteiger partial charge in [-0.2, -0.15) is 0 Å². The number of hydrogen-bond donors (Lipinski definition) is 0. The van der Waals surface area contributed by atoms with E-state index in [1.165, 1.54) is 25.7 Å². The molecule has 0 aromatic heterocycles. The molecular formula is C23H35NO2. The quantitative estimate of drug-likeness (QED) is 0.683. The van der Waals surface area contributed by atoms with Gasteiger partial charge in [0.25, 0.3) is 0 Å². The number of rotatable bonds is 3. The third-order valence-electron chi connectivity index (χ3n) is 8.65. The van der Waals surface area contributed by atoms with Gasteiger partial charge in [0.1, 0.15) is 0 Å². The Labute approximate surface area is 158 Å². The van der Waals surface area contributed by atoms with Gasteiger partial charge in [0.15, 0.2) is 0 Å². The van der Waals surface area contributed by atoms with E-state index in [2.05, 4.69) is 31.4 Å². The molecular weight excluding hydrogens is 322 g/mol. The molecule has 1 saturated heterocycles. The maximum absolute atomic E-state index is 12.6. The largest absolute Gasteiger partial charge is 0.381 e. The molecule has 0 aromatic carbocycles. The Morgan fingerprint density at radius 2 is 2.08 bits per heavy atom. The average Bonchev–Trinajstić information content (AvgIpc) is 2.63. The zero-order valence-electron chi connectivity index (χ0n) is 16.8. The molecule has 144 valence electrons. The normalized spacial score (nSPS) is 45.3. The predicted molar refractivity (Wildman–Crippen MR) is 105 cm³/mol. The Hall–Kier alpha value is -1.09. The van der Waals surface area contributed by atoms with Crippen LogP contribution in [-0.2, 0) is 9.53 Å². The summed E-state index contributed by atoms with van der Waals surface area (Å²) in [5.74, 6) is 2.47. The zero-order valence-corrected chi connectivity index (χ0v) is 16.8. The van der Waals surface area contributed by atoms with E-state index in [0.717, 1.165) is 37.5 Å². The number of allylic oxidation sites excluding steroid dienone is 1. The van der Waals surface area contributed by atoms with Gasteiger partial charge in [0, 0.05) is 25.6 Å². The standard InChI is InChI=1S/C23H35NO2/c1-5-14-24-21(25)9-8-20-18-7-6-16-15-17(26-4)10-12-22(16,2)19(18)11-13-23(20,24)3/h5-6,17-20H,1,7-15H2,2-4H3. The zero-order chi connectivity index (χ0) is 18.5. The number of carbonyl (C=O) groups is 1. The van der Waals surface area contributed by atoms with Crippen LogP contribution in [0.25, 0.3) is 0 Å². The van der Waals surface area contributed by atoms with E-state index in [9.17, 15) is 4.79 Å². The van der Waals surface area contributed by atoms with Crippen LogP contribution in [0.1, 0.15) is 65.2 Å². The van der Waals surface area contributed by atoms with Gasteiger partial charge in [-0.15, -0.1) is 6.58 Å². The fourth-order valence-electron chi connectivity index (χ4n) is 7.13. The van der Waals surface area contributed by atoms with E-state index in [1.54, 1.807) is 5.57 Å². The van der Waals surface area contributed by atoms with Crippen molar-refractivity contribution in [1.82, 2.24) is 4.90 Å². The molecule has 6 atom stereocenters. The average molecular weight is 358 g/mol. The van der Waals surface area contributed by atoms with E-state index < -0.39 is 0 Å². The highest BCUT2D eigenvalue weighted by Crippen LogP contribution is 2.61. The number of ether oxygens (including phenoxy) is 1. The molecule has 1 heterocycles. The van der Waals surface area contributed by atoms with E-state index in [-0.39, 0.29) is 5.54 Å². The Bertz CT molecular complexity index is 626. The van der Waals surface area contributed by atoms with Gasteiger partial charge in [-0.3, -0.25) is 4.79 Å². The summed E-state index contributed by atoms with van der Waals surface area (Å²) in [7, 11) is 1.86. The van der Waals surface area contributed by atoms with Crippen LogP contribution in [-0.4, -0.2) is 36.1 Å². The molecule has 3 aliphatic carbocycles. The fraction of sp³-hybridized carbons (Fsp3) is 0.783. The van der Waals surface area contributed by atoms with Crippen molar-refractivity contribution in [2.45, 2.75) is 76.9 Å². The summed E-state index contributed by atoms with van der Waals surface area (Å²) in [4.78, 5) is 14.8. The predicted octanol–water partition coefficient (Wildman–Crippen LogP) is 4.73. The summed E-state index contributed by atoms with van der Waals surface area (Å²) in [6.45, 7) is 9.50. The number of carbonyl (C=O) groups excluding carboxylic acids is 1. The SMILES string of the molecule is C=CCN1C(=O)CCC2C3CC=C4CC(OC)CCC4(C)C3CCC21C. The molecule has 0 bridgehead atoms. The van der Waals surface area contributed by atoms with Gasteiger partial charge in [0.2, 0.25) is 5.91 Å². The monoisotopic (exact) mass is 357 g/mol. The molecule has 3 heteroatoms. The van der Waals surface area contributed by atoms with E-state index >= 15 is 0 Å². The summed E-state index contributed by atoms with van der Waals surface area (Å²) in [5, 5.41) is 0. The lowest BCUT2D eigenvalue weighted by atomic mass is 9.48. The number of nitrogens with zero attached hydrogens (tertiary/aromatic N) is 1. The summed E-state index contributed by atoms with van der Waals surface area (Å²) in [5.41, 5.74) is 2.04. The van der Waals surface area contributed by atoms with E-state index in [1.807, 2.05) is 13.2 Å². The van der Waals surface area contributed by atoms with Crippen LogP contribution in [0.15, 0.2) is 24.3 Å². The molecule has 2 saturated carbocycles. The van der Waals surface area contributed by atoms with Crippen LogP contribution in [0.4, 0.5) is 0 Å². The first-order valence-corrected chi connectivity index (χ1v) is 10.6. The van der Waals surface area contributed by atoms with Crippen LogP contribution in [0, 0.1) is 23.2 Å². The number of piperidine rings is 1. The first kappa shape index (κ1) is 18.3. The first-order chi connectivity index (χ1) is 12.4. The molecule has 0 spiro atoms.